The zero-order valence-corrected chi connectivity index (χ0v) is 22.5. The summed E-state index contributed by atoms with van der Waals surface area (Å²) in [5.74, 6) is 0. The third-order valence-corrected chi connectivity index (χ3v) is 6.66. The Kier molecular flexibility index (Phi) is 9.15. The number of benzene rings is 2. The molecule has 0 saturated heterocycles. The molecule has 3 rings (SSSR count). The monoisotopic (exact) mass is 463 g/mol. The molecule has 0 aliphatic carbocycles. The van der Waals surface area contributed by atoms with Crippen LogP contribution in [0.25, 0.3) is 21.8 Å². The van der Waals surface area contributed by atoms with Crippen LogP contribution in [0.15, 0.2) is 42.5 Å². The molecule has 1 heterocycles. The number of fused-ring (bicyclic) bond motifs is 2. The van der Waals surface area contributed by atoms with Gasteiger partial charge in [0.1, 0.15) is 0 Å². The number of aromatic nitrogens is 1. The van der Waals surface area contributed by atoms with Crippen molar-refractivity contribution < 1.29 is 0 Å². The highest BCUT2D eigenvalue weighted by atomic mass is 15.2. The summed E-state index contributed by atoms with van der Waals surface area (Å²) in [5, 5.41) is 9.54. The van der Waals surface area contributed by atoms with Gasteiger partial charge in [-0.2, -0.15) is 0 Å². The number of nitrogens with zero attached hydrogens (tertiary/aromatic N) is 3. The van der Waals surface area contributed by atoms with Crippen molar-refractivity contribution in [2.75, 3.05) is 36.8 Å². The van der Waals surface area contributed by atoms with Gasteiger partial charge < -0.3 is 10.6 Å². The Hall–Kier alpha value is -2.37. The lowest BCUT2D eigenvalue weighted by molar-refractivity contribution is 0.182. The van der Waals surface area contributed by atoms with Gasteiger partial charge in [0, 0.05) is 72.5 Å². The zero-order valence-electron chi connectivity index (χ0n) is 22.5. The first-order chi connectivity index (χ1) is 16.2. The van der Waals surface area contributed by atoms with Crippen molar-refractivity contribution in [2.45, 2.75) is 79.6 Å². The number of anilines is 2. The molecule has 5 nitrogen and oxygen atoms in total. The maximum absolute atomic E-state index is 5.00. The fourth-order valence-electron chi connectivity index (χ4n) is 4.93. The highest BCUT2D eigenvalue weighted by Gasteiger charge is 2.13. The fraction of sp³-hybridized carbons (Fsp3) is 0.552. The smallest absolute Gasteiger partial charge is 0.0730 e. The van der Waals surface area contributed by atoms with Crippen LogP contribution in [0.5, 0.6) is 0 Å². The summed E-state index contributed by atoms with van der Waals surface area (Å²) in [7, 11) is 0. The lowest BCUT2D eigenvalue weighted by atomic mass is 10.1. The molecule has 5 heteroatoms. The Morgan fingerprint density at radius 3 is 1.32 bits per heavy atom. The number of hydrogen-bond acceptors (Lipinski definition) is 5. The highest BCUT2D eigenvalue weighted by Crippen LogP contribution is 2.25. The number of rotatable bonds is 12. The molecule has 2 N–H and O–H groups in total. The summed E-state index contributed by atoms with van der Waals surface area (Å²) in [6.45, 7) is 22.0. The zero-order chi connectivity index (χ0) is 24.8. The molecule has 186 valence electrons. The maximum Gasteiger partial charge on any atom is 0.0730 e. The average Bonchev–Trinajstić information content (AvgIpc) is 2.76. The number of hydrogen-bond donors (Lipinski definition) is 2. The third-order valence-electron chi connectivity index (χ3n) is 6.66. The fourth-order valence-corrected chi connectivity index (χ4v) is 4.93. The molecule has 0 fully saturated rings. The van der Waals surface area contributed by atoms with Gasteiger partial charge in [-0.05, 0) is 85.7 Å². The minimum absolute atomic E-state index is 0.549. The Morgan fingerprint density at radius 1 is 0.588 bits per heavy atom. The summed E-state index contributed by atoms with van der Waals surface area (Å²) < 4.78 is 0. The van der Waals surface area contributed by atoms with Gasteiger partial charge in [0.05, 0.1) is 11.0 Å². The first-order valence-corrected chi connectivity index (χ1v) is 13.0. The molecule has 0 spiro atoms. The first kappa shape index (κ1) is 26.2. The number of pyridine rings is 1. The predicted octanol–water partition coefficient (Wildman–Crippen LogP) is 6.45. The van der Waals surface area contributed by atoms with Gasteiger partial charge in [-0.1, -0.05) is 12.1 Å². The van der Waals surface area contributed by atoms with Crippen molar-refractivity contribution in [2.24, 2.45) is 0 Å². The molecule has 0 bridgehead atoms. The van der Waals surface area contributed by atoms with Crippen LogP contribution in [0.4, 0.5) is 11.4 Å². The summed E-state index contributed by atoms with van der Waals surface area (Å²) in [4.78, 5) is 10.0. The minimum atomic E-state index is 0.549. The van der Waals surface area contributed by atoms with Gasteiger partial charge in [0.2, 0.25) is 0 Å². The van der Waals surface area contributed by atoms with E-state index >= 15 is 0 Å². The topological polar surface area (TPSA) is 43.4 Å². The largest absolute Gasteiger partial charge is 0.384 e. The van der Waals surface area contributed by atoms with Crippen molar-refractivity contribution in [3.05, 3.63) is 42.5 Å². The van der Waals surface area contributed by atoms with E-state index in [9.17, 15) is 0 Å². The quantitative estimate of drug-likeness (QED) is 0.302. The van der Waals surface area contributed by atoms with Gasteiger partial charge in [-0.3, -0.25) is 9.80 Å². The van der Waals surface area contributed by atoms with Gasteiger partial charge >= 0.3 is 0 Å². The molecule has 0 radical (unpaired) electrons. The van der Waals surface area contributed by atoms with E-state index in [4.69, 9.17) is 4.98 Å². The Labute approximate surface area is 206 Å². The molecule has 0 saturated carbocycles. The van der Waals surface area contributed by atoms with Crippen LogP contribution < -0.4 is 10.6 Å². The van der Waals surface area contributed by atoms with Gasteiger partial charge in [-0.15, -0.1) is 0 Å². The second-order valence-electron chi connectivity index (χ2n) is 10.5. The molecule has 0 amide bonds. The molecule has 34 heavy (non-hydrogen) atoms. The molecule has 0 aliphatic heterocycles. The van der Waals surface area contributed by atoms with Gasteiger partial charge in [0.25, 0.3) is 0 Å². The molecule has 1 aromatic heterocycles. The van der Waals surface area contributed by atoms with Crippen LogP contribution in [-0.2, 0) is 0 Å². The van der Waals surface area contributed by atoms with Crippen molar-refractivity contribution in [3.8, 4) is 0 Å². The first-order valence-electron chi connectivity index (χ1n) is 13.0. The van der Waals surface area contributed by atoms with Crippen molar-refractivity contribution in [3.63, 3.8) is 0 Å². The Bertz CT molecular complexity index is 960. The molecule has 2 aromatic carbocycles. The van der Waals surface area contributed by atoms with Crippen LogP contribution in [-0.4, -0.2) is 65.1 Å². The summed E-state index contributed by atoms with van der Waals surface area (Å²) in [5.41, 5.74) is 4.32. The van der Waals surface area contributed by atoms with Crippen LogP contribution >= 0.6 is 0 Å². The summed E-state index contributed by atoms with van der Waals surface area (Å²) in [6.07, 6.45) is 0. The normalized spacial score (nSPS) is 12.4. The lowest BCUT2D eigenvalue weighted by Gasteiger charge is -2.30. The van der Waals surface area contributed by atoms with E-state index < -0.39 is 0 Å². The molecule has 0 atom stereocenters. The Balaban J connectivity index is 1.69. The van der Waals surface area contributed by atoms with Crippen molar-refractivity contribution >= 4 is 33.2 Å². The van der Waals surface area contributed by atoms with Crippen LogP contribution in [0.3, 0.4) is 0 Å². The molecular weight excluding hydrogens is 418 g/mol. The average molecular weight is 464 g/mol. The van der Waals surface area contributed by atoms with Crippen LogP contribution in [0, 0.1) is 0 Å². The minimum Gasteiger partial charge on any atom is -0.384 e. The standard InChI is InChI=1S/C29H45N5/c1-20(2)33(21(3)4)15-13-30-26-11-9-24-17-25-10-12-27(19-29(25)32-28(24)18-26)31-14-16-34(22(5)6)23(7)8/h9-12,17-23,30-31H,13-16H2,1-8H3. The number of nitrogens with one attached hydrogen (secondary N) is 2. The Morgan fingerprint density at radius 2 is 0.971 bits per heavy atom. The van der Waals surface area contributed by atoms with E-state index in [0.717, 1.165) is 48.6 Å². The molecule has 3 aromatic rings. The van der Waals surface area contributed by atoms with E-state index in [-0.39, 0.29) is 0 Å². The van der Waals surface area contributed by atoms with Gasteiger partial charge in [-0.25, -0.2) is 4.98 Å². The van der Waals surface area contributed by atoms with E-state index in [0.29, 0.717) is 24.2 Å². The van der Waals surface area contributed by atoms with Crippen LogP contribution in [0.2, 0.25) is 0 Å². The third kappa shape index (κ3) is 6.83. The maximum atomic E-state index is 5.00. The highest BCUT2D eigenvalue weighted by molar-refractivity contribution is 5.95. The molecule has 0 aliphatic rings. The molecule has 0 unspecified atom stereocenters. The van der Waals surface area contributed by atoms with Crippen LogP contribution in [0.1, 0.15) is 55.4 Å². The van der Waals surface area contributed by atoms with Crippen molar-refractivity contribution in [1.82, 2.24) is 14.8 Å². The van der Waals surface area contributed by atoms with E-state index in [1.54, 1.807) is 0 Å². The summed E-state index contributed by atoms with van der Waals surface area (Å²) >= 11 is 0. The van der Waals surface area contributed by atoms with Crippen molar-refractivity contribution in [1.29, 1.82) is 0 Å². The predicted molar refractivity (Wildman–Crippen MR) is 150 cm³/mol. The van der Waals surface area contributed by atoms with E-state index in [1.807, 2.05) is 0 Å². The SMILES string of the molecule is CC(C)N(CCNc1ccc2cc3ccc(NCCN(C(C)C)C(C)C)cc3nc2c1)C(C)C. The van der Waals surface area contributed by atoms with E-state index in [2.05, 4.69) is 118 Å². The summed E-state index contributed by atoms with van der Waals surface area (Å²) in [6, 6.07) is 17.5. The van der Waals surface area contributed by atoms with E-state index in [1.165, 1.54) is 10.8 Å². The lowest BCUT2D eigenvalue weighted by Crippen LogP contribution is -2.40. The second-order valence-corrected chi connectivity index (χ2v) is 10.5. The second kappa shape index (κ2) is 11.9. The van der Waals surface area contributed by atoms with Gasteiger partial charge in [0.15, 0.2) is 0 Å². The molecular formula is C29H45N5.